The van der Waals surface area contributed by atoms with Crippen LogP contribution in [-0.2, 0) is 6.54 Å². The number of aromatic amines is 1. The number of aryl methyl sites for hydroxylation is 1. The van der Waals surface area contributed by atoms with Crippen LogP contribution in [0.25, 0.3) is 10.9 Å². The SMILES string of the molecule is Cc1ccc(C(=O)N2CCC(NCc3cccc4[nH]ccc34)CC2)cc1. The molecule has 0 saturated carbocycles. The third-order valence-electron chi connectivity index (χ3n) is 5.35. The zero-order chi connectivity index (χ0) is 17.9. The Hall–Kier alpha value is -2.59. The van der Waals surface area contributed by atoms with E-state index in [1.165, 1.54) is 22.0 Å². The first kappa shape index (κ1) is 16.9. The molecule has 26 heavy (non-hydrogen) atoms. The lowest BCUT2D eigenvalue weighted by atomic mass is 10.0. The smallest absolute Gasteiger partial charge is 0.253 e. The van der Waals surface area contributed by atoms with Crippen LogP contribution in [0.15, 0.2) is 54.7 Å². The largest absolute Gasteiger partial charge is 0.361 e. The molecule has 1 aliphatic rings. The number of piperidine rings is 1. The van der Waals surface area contributed by atoms with E-state index in [4.69, 9.17) is 0 Å². The number of hydrogen-bond acceptors (Lipinski definition) is 2. The van der Waals surface area contributed by atoms with Crippen molar-refractivity contribution in [3.63, 3.8) is 0 Å². The lowest BCUT2D eigenvalue weighted by molar-refractivity contribution is 0.0705. The van der Waals surface area contributed by atoms with Gasteiger partial charge in [-0.05, 0) is 49.6 Å². The van der Waals surface area contributed by atoms with Crippen molar-refractivity contribution in [1.82, 2.24) is 15.2 Å². The van der Waals surface area contributed by atoms with E-state index < -0.39 is 0 Å². The van der Waals surface area contributed by atoms with Gasteiger partial charge in [-0.2, -0.15) is 0 Å². The first-order valence-corrected chi connectivity index (χ1v) is 9.35. The van der Waals surface area contributed by atoms with Crippen LogP contribution < -0.4 is 5.32 Å². The van der Waals surface area contributed by atoms with Gasteiger partial charge in [-0.1, -0.05) is 29.8 Å². The molecule has 2 N–H and O–H groups in total. The number of amides is 1. The van der Waals surface area contributed by atoms with Crippen LogP contribution in [0.2, 0.25) is 0 Å². The molecule has 2 heterocycles. The molecule has 3 aromatic rings. The predicted molar refractivity (Wildman–Crippen MR) is 105 cm³/mol. The zero-order valence-corrected chi connectivity index (χ0v) is 15.2. The van der Waals surface area contributed by atoms with Gasteiger partial charge in [0, 0.05) is 48.3 Å². The fourth-order valence-corrected chi connectivity index (χ4v) is 3.72. The fourth-order valence-electron chi connectivity index (χ4n) is 3.72. The summed E-state index contributed by atoms with van der Waals surface area (Å²) in [5.74, 6) is 0.153. The van der Waals surface area contributed by atoms with Crippen molar-refractivity contribution < 1.29 is 4.79 Å². The summed E-state index contributed by atoms with van der Waals surface area (Å²) >= 11 is 0. The van der Waals surface area contributed by atoms with Crippen LogP contribution in [0.1, 0.15) is 34.3 Å². The van der Waals surface area contributed by atoms with Gasteiger partial charge in [0.15, 0.2) is 0 Å². The molecule has 0 aliphatic carbocycles. The minimum absolute atomic E-state index is 0.153. The Balaban J connectivity index is 1.31. The van der Waals surface area contributed by atoms with Crippen LogP contribution in [-0.4, -0.2) is 34.9 Å². The number of likely N-dealkylation sites (tertiary alicyclic amines) is 1. The van der Waals surface area contributed by atoms with Crippen molar-refractivity contribution in [2.45, 2.75) is 32.4 Å². The molecule has 1 fully saturated rings. The fraction of sp³-hybridized carbons (Fsp3) is 0.318. The Morgan fingerprint density at radius 3 is 2.65 bits per heavy atom. The molecule has 134 valence electrons. The summed E-state index contributed by atoms with van der Waals surface area (Å²) in [6.07, 6.45) is 3.99. The number of hydrogen-bond donors (Lipinski definition) is 2. The summed E-state index contributed by atoms with van der Waals surface area (Å²) in [6.45, 7) is 4.54. The number of carbonyl (C=O) groups excluding carboxylic acids is 1. The van der Waals surface area contributed by atoms with Crippen LogP contribution in [0.5, 0.6) is 0 Å². The summed E-state index contributed by atoms with van der Waals surface area (Å²) in [6, 6.07) is 16.8. The van der Waals surface area contributed by atoms with Gasteiger partial charge < -0.3 is 15.2 Å². The quantitative estimate of drug-likeness (QED) is 0.753. The first-order valence-electron chi connectivity index (χ1n) is 9.35. The highest BCUT2D eigenvalue weighted by Crippen LogP contribution is 2.19. The van der Waals surface area contributed by atoms with Crippen molar-refractivity contribution in [3.05, 3.63) is 71.4 Å². The molecule has 1 aromatic heterocycles. The van der Waals surface area contributed by atoms with Crippen molar-refractivity contribution in [3.8, 4) is 0 Å². The van der Waals surface area contributed by atoms with E-state index in [2.05, 4.69) is 34.6 Å². The number of nitrogens with zero attached hydrogens (tertiary/aromatic N) is 1. The lowest BCUT2D eigenvalue weighted by Gasteiger charge is -2.32. The number of rotatable bonds is 4. The van der Waals surface area contributed by atoms with Gasteiger partial charge in [-0.25, -0.2) is 0 Å². The van der Waals surface area contributed by atoms with Gasteiger partial charge in [0.05, 0.1) is 0 Å². The van der Waals surface area contributed by atoms with Gasteiger partial charge >= 0.3 is 0 Å². The average Bonchev–Trinajstić information content (AvgIpc) is 3.16. The second-order valence-electron chi connectivity index (χ2n) is 7.17. The van der Waals surface area contributed by atoms with E-state index in [9.17, 15) is 4.79 Å². The third-order valence-corrected chi connectivity index (χ3v) is 5.35. The summed E-state index contributed by atoms with van der Waals surface area (Å²) in [4.78, 5) is 17.9. The molecule has 1 saturated heterocycles. The van der Waals surface area contributed by atoms with Gasteiger partial charge in [0.25, 0.3) is 5.91 Å². The summed E-state index contributed by atoms with van der Waals surface area (Å²) < 4.78 is 0. The van der Waals surface area contributed by atoms with E-state index >= 15 is 0 Å². The molecule has 1 amide bonds. The molecule has 0 bridgehead atoms. The Morgan fingerprint density at radius 2 is 1.88 bits per heavy atom. The molecular formula is C22H25N3O. The molecule has 0 unspecified atom stereocenters. The van der Waals surface area contributed by atoms with Crippen LogP contribution in [0.4, 0.5) is 0 Å². The van der Waals surface area contributed by atoms with Crippen LogP contribution in [0, 0.1) is 6.92 Å². The Morgan fingerprint density at radius 1 is 1.12 bits per heavy atom. The van der Waals surface area contributed by atoms with E-state index in [1.807, 2.05) is 42.3 Å². The number of carbonyl (C=O) groups is 1. The summed E-state index contributed by atoms with van der Waals surface area (Å²) in [7, 11) is 0. The molecule has 1 aliphatic heterocycles. The van der Waals surface area contributed by atoms with Crippen molar-refractivity contribution in [2.75, 3.05) is 13.1 Å². The monoisotopic (exact) mass is 347 g/mol. The highest BCUT2D eigenvalue weighted by molar-refractivity contribution is 5.94. The van der Waals surface area contributed by atoms with E-state index in [0.717, 1.165) is 38.0 Å². The van der Waals surface area contributed by atoms with Gasteiger partial charge in [0.1, 0.15) is 0 Å². The second kappa shape index (κ2) is 7.34. The van der Waals surface area contributed by atoms with Gasteiger partial charge in [-0.3, -0.25) is 4.79 Å². The molecular weight excluding hydrogens is 322 g/mol. The first-order chi connectivity index (χ1) is 12.7. The maximum atomic E-state index is 12.6. The highest BCUT2D eigenvalue weighted by Gasteiger charge is 2.23. The lowest BCUT2D eigenvalue weighted by Crippen LogP contribution is -2.44. The Kier molecular flexibility index (Phi) is 4.76. The highest BCUT2D eigenvalue weighted by atomic mass is 16.2. The number of benzene rings is 2. The maximum Gasteiger partial charge on any atom is 0.253 e. The molecule has 0 atom stereocenters. The normalized spacial score (nSPS) is 15.5. The number of nitrogens with one attached hydrogen (secondary N) is 2. The van der Waals surface area contributed by atoms with Crippen LogP contribution in [0.3, 0.4) is 0 Å². The van der Waals surface area contributed by atoms with Crippen molar-refractivity contribution in [2.24, 2.45) is 0 Å². The molecule has 0 radical (unpaired) electrons. The molecule has 0 spiro atoms. The Bertz CT molecular complexity index is 889. The van der Waals surface area contributed by atoms with E-state index in [0.29, 0.717) is 6.04 Å². The van der Waals surface area contributed by atoms with Gasteiger partial charge in [-0.15, -0.1) is 0 Å². The summed E-state index contributed by atoms with van der Waals surface area (Å²) in [5, 5.41) is 4.96. The summed E-state index contributed by atoms with van der Waals surface area (Å²) in [5.41, 5.74) is 4.48. The second-order valence-corrected chi connectivity index (χ2v) is 7.17. The third kappa shape index (κ3) is 3.51. The number of fused-ring (bicyclic) bond motifs is 1. The standard InChI is InChI=1S/C22H25N3O/c1-16-5-7-17(8-6-16)22(26)25-13-10-19(11-14-25)24-15-18-3-2-4-21-20(18)9-12-23-21/h2-9,12,19,23-24H,10-11,13-15H2,1H3. The number of aromatic nitrogens is 1. The predicted octanol–water partition coefficient (Wildman–Crippen LogP) is 3.87. The maximum absolute atomic E-state index is 12.6. The zero-order valence-electron chi connectivity index (χ0n) is 15.2. The molecule has 4 rings (SSSR count). The Labute approximate surface area is 154 Å². The van der Waals surface area contributed by atoms with E-state index in [1.54, 1.807) is 0 Å². The molecule has 2 aromatic carbocycles. The minimum atomic E-state index is 0.153. The molecule has 4 nitrogen and oxygen atoms in total. The van der Waals surface area contributed by atoms with Crippen molar-refractivity contribution in [1.29, 1.82) is 0 Å². The molecule has 4 heteroatoms. The topological polar surface area (TPSA) is 48.1 Å². The number of H-pyrrole nitrogens is 1. The van der Waals surface area contributed by atoms with Crippen molar-refractivity contribution >= 4 is 16.8 Å². The van der Waals surface area contributed by atoms with Crippen LogP contribution >= 0.6 is 0 Å². The average molecular weight is 347 g/mol. The van der Waals surface area contributed by atoms with E-state index in [-0.39, 0.29) is 5.91 Å². The minimum Gasteiger partial charge on any atom is -0.361 e. The van der Waals surface area contributed by atoms with Gasteiger partial charge in [0.2, 0.25) is 0 Å².